The lowest BCUT2D eigenvalue weighted by Gasteiger charge is -2.64. The van der Waals surface area contributed by atoms with E-state index in [2.05, 4.69) is 88.4 Å². The number of nitrogens with zero attached hydrogens (tertiary/aromatic N) is 1. The van der Waals surface area contributed by atoms with Crippen LogP contribution in [0.2, 0.25) is 0 Å². The minimum Gasteiger partial charge on any atom is -0.469 e. The van der Waals surface area contributed by atoms with Gasteiger partial charge in [-0.05, 0) is 177 Å². The van der Waals surface area contributed by atoms with Crippen molar-refractivity contribution in [2.24, 2.45) is 63.6 Å². The molecule has 384 valence electrons. The van der Waals surface area contributed by atoms with Crippen molar-refractivity contribution in [2.45, 2.75) is 167 Å². The first-order valence-corrected chi connectivity index (χ1v) is 29.1. The van der Waals surface area contributed by atoms with Crippen LogP contribution in [-0.4, -0.2) is 86.5 Å². The molecule has 11 heteroatoms. The molecule has 9 rings (SSSR count). The number of rotatable bonds is 15. The van der Waals surface area contributed by atoms with Crippen molar-refractivity contribution < 1.29 is 42.9 Å². The van der Waals surface area contributed by atoms with Gasteiger partial charge in [0.05, 0.1) is 38.6 Å². The fourth-order valence-electron chi connectivity index (χ4n) is 17.2. The Morgan fingerprint density at radius 2 is 1.81 bits per heavy atom. The van der Waals surface area contributed by atoms with Gasteiger partial charge in [-0.1, -0.05) is 63.5 Å². The van der Waals surface area contributed by atoms with Crippen molar-refractivity contribution in [3.8, 4) is 11.8 Å². The van der Waals surface area contributed by atoms with Crippen LogP contribution in [0, 0.1) is 75.4 Å². The van der Waals surface area contributed by atoms with E-state index < -0.39 is 19.3 Å². The zero-order chi connectivity index (χ0) is 50.0. The second-order valence-electron chi connectivity index (χ2n) is 24.2. The van der Waals surface area contributed by atoms with Gasteiger partial charge in [-0.2, -0.15) is 0 Å². The third kappa shape index (κ3) is 9.10. The van der Waals surface area contributed by atoms with Gasteiger partial charge in [0, 0.05) is 56.5 Å². The molecular formula is C59H84NO9P. The van der Waals surface area contributed by atoms with E-state index in [4.69, 9.17) is 18.5 Å². The largest absolute Gasteiger partial charge is 0.469 e. The SMILES string of the molecule is C=CCOP(C)(=O)O[C@@H]1C[C@@H]2C[C@@H](OCCN(C)c3ccc([C@H]4C[C@@]5(C)C(CC[C@@]5(O)C#CC)C5CC=C6CC(=O)CCC6=C54)cc3)CC[C@]2(C)[C@H]2C[C@H](O)[C@]3(C)[C@@H]([C@H](C)CCC(=O)OC)CC[C@H]3[C@H]12. The van der Waals surface area contributed by atoms with E-state index in [1.807, 2.05) is 6.92 Å². The van der Waals surface area contributed by atoms with Crippen LogP contribution >= 0.6 is 7.60 Å². The average Bonchev–Trinajstić information content (AvgIpc) is 3.83. The zero-order valence-electron chi connectivity index (χ0n) is 43.7. The smallest absolute Gasteiger partial charge is 0.328 e. The van der Waals surface area contributed by atoms with E-state index in [0.717, 1.165) is 82.9 Å². The number of ketones is 1. The summed E-state index contributed by atoms with van der Waals surface area (Å²) in [4.78, 5) is 27.1. The summed E-state index contributed by atoms with van der Waals surface area (Å²) in [5.74, 6) is 8.74. The summed E-state index contributed by atoms with van der Waals surface area (Å²) in [6, 6.07) is 9.09. The predicted molar refractivity (Wildman–Crippen MR) is 275 cm³/mol. The summed E-state index contributed by atoms with van der Waals surface area (Å²) in [5, 5.41) is 24.5. The molecule has 70 heavy (non-hydrogen) atoms. The third-order valence-corrected chi connectivity index (χ3v) is 22.2. The molecule has 0 amide bonds. The van der Waals surface area contributed by atoms with Gasteiger partial charge in [0.25, 0.3) is 0 Å². The first-order valence-electron chi connectivity index (χ1n) is 27.1. The minimum atomic E-state index is -3.41. The molecule has 0 aliphatic heterocycles. The van der Waals surface area contributed by atoms with E-state index >= 15 is 0 Å². The van der Waals surface area contributed by atoms with E-state index in [1.54, 1.807) is 12.7 Å². The highest BCUT2D eigenvalue weighted by atomic mass is 31.2. The Morgan fingerprint density at radius 1 is 1.04 bits per heavy atom. The van der Waals surface area contributed by atoms with Crippen molar-refractivity contribution >= 4 is 25.0 Å². The molecule has 0 bridgehead atoms. The molecule has 3 unspecified atom stereocenters. The van der Waals surface area contributed by atoms with Crippen molar-refractivity contribution in [1.82, 2.24) is 0 Å². The number of aliphatic hydroxyl groups is 2. The molecule has 8 aliphatic rings. The maximum atomic E-state index is 14.0. The molecule has 7 saturated carbocycles. The fourth-order valence-corrected chi connectivity index (χ4v) is 18.4. The molecule has 0 radical (unpaired) electrons. The Bertz CT molecular complexity index is 2330. The second kappa shape index (κ2) is 20.0. The van der Waals surface area contributed by atoms with Gasteiger partial charge in [0.1, 0.15) is 11.4 Å². The number of ether oxygens (including phenoxy) is 2. The Labute approximate surface area is 419 Å². The fraction of sp³-hybridized carbons (Fsp3) is 0.729. The van der Waals surface area contributed by atoms with Gasteiger partial charge in [-0.3, -0.25) is 14.2 Å². The van der Waals surface area contributed by atoms with E-state index in [1.165, 1.54) is 29.4 Å². The van der Waals surface area contributed by atoms with E-state index in [-0.39, 0.29) is 82.5 Å². The molecule has 17 atom stereocenters. The van der Waals surface area contributed by atoms with Crippen molar-refractivity contribution in [2.75, 3.05) is 45.5 Å². The zero-order valence-corrected chi connectivity index (χ0v) is 44.6. The molecule has 0 saturated heterocycles. The highest BCUT2D eigenvalue weighted by Crippen LogP contribution is 2.71. The van der Waals surface area contributed by atoms with Crippen LogP contribution in [0.3, 0.4) is 0 Å². The number of esters is 1. The number of benzene rings is 1. The summed E-state index contributed by atoms with van der Waals surface area (Å²) in [6.45, 7) is 18.0. The highest BCUT2D eigenvalue weighted by molar-refractivity contribution is 7.53. The number of carbonyl (C=O) groups is 2. The number of likely N-dealkylation sites (N-methyl/N-ethyl adjacent to an activating group) is 1. The molecule has 7 fully saturated rings. The maximum Gasteiger partial charge on any atom is 0.328 e. The van der Waals surface area contributed by atoms with Gasteiger partial charge < -0.3 is 33.6 Å². The second-order valence-corrected chi connectivity index (χ2v) is 26.2. The quantitative estimate of drug-likeness (QED) is 0.0758. The van der Waals surface area contributed by atoms with Gasteiger partial charge in [0.2, 0.25) is 0 Å². The molecule has 0 spiro atoms. The molecule has 10 nitrogen and oxygen atoms in total. The standard InChI is InChI=1S/C59H84NO9P/c1-10-26-59(64)28-25-48-45-19-15-39-32-42(61)18-20-44(39)54(45)46(36-57(48,59)5)38-13-16-41(17-14-38)60(7)29-31-67-43-24-27-56(4)40(33-43)34-51(69-70(9,65)68-30-11-2)55-49-22-21-47(37(3)12-23-53(63)66-8)58(49,6)52(62)35-50(55)56/h11,13-17,37,40,43,45-52,55,62,64H,2,12,18-25,27-36H2,1,3-9H3/t37-,40+,43+,45?,46-,47-,48?,49+,50+,51-,52+,55+,56+,57+,58-,59+,70?/m1/s1. The molecule has 1 aromatic carbocycles. The number of aliphatic hydroxyl groups excluding tert-OH is 1. The Hall–Kier alpha value is -3.03. The lowest BCUT2D eigenvalue weighted by atomic mass is 9.43. The topological polar surface area (TPSA) is 132 Å². The summed E-state index contributed by atoms with van der Waals surface area (Å²) in [5.41, 5.74) is 4.91. The number of hydrogen-bond acceptors (Lipinski definition) is 10. The van der Waals surface area contributed by atoms with Crippen molar-refractivity contribution in [3.63, 3.8) is 0 Å². The van der Waals surface area contributed by atoms with Crippen molar-refractivity contribution in [3.05, 3.63) is 65.3 Å². The first kappa shape index (κ1) is 51.9. The Kier molecular flexibility index (Phi) is 14.8. The molecule has 8 aliphatic carbocycles. The monoisotopic (exact) mass is 982 g/mol. The molecule has 0 aromatic heterocycles. The minimum absolute atomic E-state index is 0.0171. The van der Waals surface area contributed by atoms with Crippen LogP contribution in [0.5, 0.6) is 0 Å². The normalized spacial score (nSPS) is 40.9. The Morgan fingerprint density at radius 3 is 2.54 bits per heavy atom. The van der Waals surface area contributed by atoms with Crippen LogP contribution in [0.1, 0.15) is 149 Å². The molecule has 2 N–H and O–H groups in total. The van der Waals surface area contributed by atoms with Crippen LogP contribution in [-0.2, 0) is 32.7 Å². The number of Topliss-reactive ketones (excluding diaryl/α,β-unsaturated/α-hetero) is 1. The Balaban J connectivity index is 0.878. The number of hydrogen-bond donors (Lipinski definition) is 2. The molecular weight excluding hydrogens is 898 g/mol. The van der Waals surface area contributed by atoms with Crippen LogP contribution in [0.25, 0.3) is 0 Å². The highest BCUT2D eigenvalue weighted by Gasteiger charge is 2.67. The summed E-state index contributed by atoms with van der Waals surface area (Å²) in [7, 11) is 0.169. The van der Waals surface area contributed by atoms with E-state index in [0.29, 0.717) is 56.3 Å². The number of allylic oxidation sites excluding steroid dienone is 4. The van der Waals surface area contributed by atoms with Gasteiger partial charge in [0.15, 0.2) is 0 Å². The molecule has 0 heterocycles. The predicted octanol–water partition coefficient (Wildman–Crippen LogP) is 11.4. The average molecular weight is 982 g/mol. The summed E-state index contributed by atoms with van der Waals surface area (Å²) in [6.07, 6.45) is 16.2. The third-order valence-electron chi connectivity index (χ3n) is 21.0. The van der Waals surface area contributed by atoms with Crippen LogP contribution in [0.15, 0.2) is 59.7 Å². The summed E-state index contributed by atoms with van der Waals surface area (Å²) >= 11 is 0. The lowest BCUT2D eigenvalue weighted by Crippen LogP contribution is -2.62. The molecule has 1 aromatic rings. The lowest BCUT2D eigenvalue weighted by molar-refractivity contribution is -0.205. The van der Waals surface area contributed by atoms with Gasteiger partial charge in [-0.15, -0.1) is 12.5 Å². The number of methoxy groups -OCH3 is 1. The van der Waals surface area contributed by atoms with Gasteiger partial charge in [-0.25, -0.2) is 0 Å². The number of anilines is 1. The number of carbonyl (C=O) groups excluding carboxylic acids is 2. The first-order chi connectivity index (χ1) is 33.3. The van der Waals surface area contributed by atoms with Crippen LogP contribution in [0.4, 0.5) is 5.69 Å². The number of fused-ring (bicyclic) bond motifs is 9. The maximum absolute atomic E-state index is 14.0. The summed E-state index contributed by atoms with van der Waals surface area (Å²) < 4.78 is 38.3. The van der Waals surface area contributed by atoms with E-state index in [9.17, 15) is 24.4 Å². The van der Waals surface area contributed by atoms with Gasteiger partial charge >= 0.3 is 13.6 Å². The van der Waals surface area contributed by atoms with Crippen LogP contribution < -0.4 is 4.90 Å². The van der Waals surface area contributed by atoms with Crippen molar-refractivity contribution in [1.29, 1.82) is 0 Å².